The summed E-state index contributed by atoms with van der Waals surface area (Å²) in [6, 6.07) is 30.0. The number of anilines is 1. The lowest BCUT2D eigenvalue weighted by Crippen LogP contribution is -2.33. The largest absolute Gasteiger partial charge is 0.384 e. The third-order valence-corrected chi connectivity index (χ3v) is 7.27. The summed E-state index contributed by atoms with van der Waals surface area (Å²) in [4.78, 5) is 16.0. The quantitative estimate of drug-likeness (QED) is 0.315. The van der Waals surface area contributed by atoms with E-state index in [1.807, 2.05) is 17.0 Å². The maximum absolute atomic E-state index is 14.0. The zero-order valence-electron chi connectivity index (χ0n) is 21.7. The van der Waals surface area contributed by atoms with E-state index in [1.165, 1.54) is 27.5 Å². The summed E-state index contributed by atoms with van der Waals surface area (Å²) in [6.07, 6.45) is 2.95. The van der Waals surface area contributed by atoms with E-state index in [-0.39, 0.29) is 11.3 Å². The van der Waals surface area contributed by atoms with Gasteiger partial charge in [0.15, 0.2) is 0 Å². The Labute approximate surface area is 215 Å². The molecular weight excluding hydrogens is 440 g/mol. The first kappa shape index (κ1) is 24.1. The van der Waals surface area contributed by atoms with Gasteiger partial charge in [-0.25, -0.2) is 0 Å². The highest BCUT2D eigenvalue weighted by atomic mass is 16.2. The van der Waals surface area contributed by atoms with Crippen LogP contribution in [0.2, 0.25) is 0 Å². The lowest BCUT2D eigenvalue weighted by molar-refractivity contribution is 0.0746. The fraction of sp³-hybridized carbons (Fsp3) is 0.303. The summed E-state index contributed by atoms with van der Waals surface area (Å²) >= 11 is 0. The van der Waals surface area contributed by atoms with Crippen LogP contribution in [0, 0.1) is 0 Å². The second kappa shape index (κ2) is 10.2. The molecule has 0 radical (unpaired) electrons. The molecule has 0 aromatic heterocycles. The fourth-order valence-corrected chi connectivity index (χ4v) is 5.10. The van der Waals surface area contributed by atoms with Crippen molar-refractivity contribution in [2.24, 2.45) is 0 Å². The topological polar surface area (TPSA) is 32.3 Å². The smallest absolute Gasteiger partial charge is 0.256 e. The third-order valence-electron chi connectivity index (χ3n) is 7.27. The molecule has 0 fully saturated rings. The highest BCUT2D eigenvalue weighted by Gasteiger charge is 2.23. The number of fused-ring (bicyclic) bond motifs is 2. The second-order valence-electron chi connectivity index (χ2n) is 11.0. The van der Waals surface area contributed by atoms with Crippen molar-refractivity contribution in [2.75, 3.05) is 18.4 Å². The van der Waals surface area contributed by atoms with Crippen LogP contribution in [0.3, 0.4) is 0 Å². The Morgan fingerprint density at radius 2 is 1.61 bits per heavy atom. The molecule has 3 nitrogen and oxygen atoms in total. The minimum Gasteiger partial charge on any atom is -0.384 e. The standard InChI is InChI=1S/C33H36N2O/c1-33(2,3)29-17-14-25(15-18-29)23-35(21-19-24-13-16-26-8-4-5-9-28(26)22-24)32(36)30-12-6-10-27-11-7-20-34-31(27)30/h4-6,8-10,12-18,22,34H,7,11,19-21,23H2,1-3H3. The molecule has 0 spiro atoms. The first-order chi connectivity index (χ1) is 17.4. The Kier molecular flexibility index (Phi) is 6.82. The molecule has 1 aliphatic heterocycles. The number of carbonyl (C=O) groups excluding carboxylic acids is 1. The van der Waals surface area contributed by atoms with Crippen LogP contribution in [0.4, 0.5) is 5.69 Å². The van der Waals surface area contributed by atoms with Crippen LogP contribution in [0.25, 0.3) is 10.8 Å². The van der Waals surface area contributed by atoms with E-state index in [9.17, 15) is 4.79 Å². The number of para-hydroxylation sites is 1. The zero-order chi connectivity index (χ0) is 25.1. The molecule has 5 rings (SSSR count). The summed E-state index contributed by atoms with van der Waals surface area (Å²) in [5.41, 5.74) is 6.89. The highest BCUT2D eigenvalue weighted by Crippen LogP contribution is 2.28. The van der Waals surface area contributed by atoms with Gasteiger partial charge in [0.2, 0.25) is 0 Å². The number of amides is 1. The zero-order valence-corrected chi connectivity index (χ0v) is 21.7. The highest BCUT2D eigenvalue weighted by molar-refractivity contribution is 6.00. The molecule has 0 aliphatic carbocycles. The lowest BCUT2D eigenvalue weighted by atomic mass is 9.87. The van der Waals surface area contributed by atoms with Crippen LogP contribution >= 0.6 is 0 Å². The number of hydrogen-bond donors (Lipinski definition) is 1. The van der Waals surface area contributed by atoms with Crippen LogP contribution in [-0.2, 0) is 24.8 Å². The lowest BCUT2D eigenvalue weighted by Gasteiger charge is -2.27. The normalized spacial score (nSPS) is 13.2. The Bertz CT molecular complexity index is 1360. The summed E-state index contributed by atoms with van der Waals surface area (Å²) in [6.45, 7) is 8.87. The first-order valence-corrected chi connectivity index (χ1v) is 13.1. The van der Waals surface area contributed by atoms with Crippen molar-refractivity contribution in [3.8, 4) is 0 Å². The van der Waals surface area contributed by atoms with Crippen LogP contribution in [-0.4, -0.2) is 23.9 Å². The van der Waals surface area contributed by atoms with E-state index in [2.05, 4.69) is 98.9 Å². The van der Waals surface area contributed by atoms with Crippen molar-refractivity contribution in [2.45, 2.75) is 52.0 Å². The Morgan fingerprint density at radius 3 is 2.39 bits per heavy atom. The van der Waals surface area contributed by atoms with Gasteiger partial charge in [-0.05, 0) is 63.8 Å². The van der Waals surface area contributed by atoms with Gasteiger partial charge in [-0.2, -0.15) is 0 Å². The molecule has 36 heavy (non-hydrogen) atoms. The minimum atomic E-state index is 0.0990. The van der Waals surface area contributed by atoms with E-state index in [1.54, 1.807) is 0 Å². The van der Waals surface area contributed by atoms with Gasteiger partial charge in [-0.15, -0.1) is 0 Å². The van der Waals surface area contributed by atoms with Crippen molar-refractivity contribution in [3.63, 3.8) is 0 Å². The molecule has 0 saturated heterocycles. The molecule has 0 unspecified atom stereocenters. The van der Waals surface area contributed by atoms with Gasteiger partial charge in [0.1, 0.15) is 0 Å². The van der Waals surface area contributed by atoms with E-state index in [0.717, 1.165) is 42.6 Å². The summed E-state index contributed by atoms with van der Waals surface area (Å²) in [5.74, 6) is 0.0990. The SMILES string of the molecule is CC(C)(C)c1ccc(CN(CCc2ccc3ccccc3c2)C(=O)c2cccc3c2NCCC3)cc1. The molecule has 4 aromatic rings. The van der Waals surface area contributed by atoms with Crippen LogP contribution < -0.4 is 5.32 Å². The van der Waals surface area contributed by atoms with Gasteiger partial charge >= 0.3 is 0 Å². The van der Waals surface area contributed by atoms with Crippen molar-refractivity contribution < 1.29 is 4.79 Å². The van der Waals surface area contributed by atoms with Crippen molar-refractivity contribution >= 4 is 22.4 Å². The van der Waals surface area contributed by atoms with E-state index in [0.29, 0.717) is 13.1 Å². The second-order valence-corrected chi connectivity index (χ2v) is 11.0. The van der Waals surface area contributed by atoms with Crippen molar-refractivity contribution in [1.82, 2.24) is 4.90 Å². The van der Waals surface area contributed by atoms with Crippen LogP contribution in [0.1, 0.15) is 59.8 Å². The van der Waals surface area contributed by atoms with E-state index in [4.69, 9.17) is 0 Å². The molecule has 1 amide bonds. The van der Waals surface area contributed by atoms with Crippen LogP contribution in [0.5, 0.6) is 0 Å². The molecule has 1 aliphatic rings. The number of rotatable bonds is 6. The molecule has 0 bridgehead atoms. The van der Waals surface area contributed by atoms with E-state index >= 15 is 0 Å². The molecular formula is C33H36N2O. The average Bonchev–Trinajstić information content (AvgIpc) is 2.90. The van der Waals surface area contributed by atoms with Gasteiger partial charge in [0.25, 0.3) is 5.91 Å². The number of aryl methyl sites for hydroxylation is 1. The van der Waals surface area contributed by atoms with Gasteiger partial charge in [-0.1, -0.05) is 99.6 Å². The summed E-state index contributed by atoms with van der Waals surface area (Å²) < 4.78 is 0. The minimum absolute atomic E-state index is 0.0990. The number of hydrogen-bond acceptors (Lipinski definition) is 2. The molecule has 0 saturated carbocycles. The Hall–Kier alpha value is -3.59. The monoisotopic (exact) mass is 476 g/mol. The summed E-state index contributed by atoms with van der Waals surface area (Å²) in [5, 5.41) is 5.99. The molecule has 1 N–H and O–H groups in total. The average molecular weight is 477 g/mol. The van der Waals surface area contributed by atoms with E-state index < -0.39 is 0 Å². The number of nitrogens with zero attached hydrogens (tertiary/aromatic N) is 1. The third kappa shape index (κ3) is 5.31. The van der Waals surface area contributed by atoms with Crippen LogP contribution in [0.15, 0.2) is 84.9 Å². The van der Waals surface area contributed by atoms with Crippen molar-refractivity contribution in [3.05, 3.63) is 113 Å². The predicted octanol–water partition coefficient (Wildman–Crippen LogP) is 7.38. The molecule has 4 aromatic carbocycles. The maximum atomic E-state index is 14.0. The van der Waals surface area contributed by atoms with Gasteiger partial charge in [-0.3, -0.25) is 4.79 Å². The number of nitrogens with one attached hydrogen (secondary N) is 1. The predicted molar refractivity (Wildman–Crippen MR) is 151 cm³/mol. The van der Waals surface area contributed by atoms with Gasteiger partial charge in [0.05, 0.1) is 11.3 Å². The molecule has 184 valence electrons. The Balaban J connectivity index is 1.42. The molecule has 0 atom stereocenters. The summed E-state index contributed by atoms with van der Waals surface area (Å²) in [7, 11) is 0. The van der Waals surface area contributed by atoms with Gasteiger partial charge in [0, 0.05) is 19.6 Å². The van der Waals surface area contributed by atoms with Crippen molar-refractivity contribution in [1.29, 1.82) is 0 Å². The number of carbonyl (C=O) groups is 1. The maximum Gasteiger partial charge on any atom is 0.256 e. The number of benzene rings is 4. The Morgan fingerprint density at radius 1 is 0.861 bits per heavy atom. The molecule has 1 heterocycles. The molecule has 3 heteroatoms. The van der Waals surface area contributed by atoms with Gasteiger partial charge < -0.3 is 10.2 Å². The fourth-order valence-electron chi connectivity index (χ4n) is 5.10. The first-order valence-electron chi connectivity index (χ1n) is 13.1.